The van der Waals surface area contributed by atoms with Crippen LogP contribution in [0, 0.1) is 0 Å². The predicted octanol–water partition coefficient (Wildman–Crippen LogP) is 15.1. The minimum atomic E-state index is 0.889. The zero-order chi connectivity index (χ0) is 34.9. The second kappa shape index (κ2) is 11.9. The predicted molar refractivity (Wildman–Crippen MR) is 227 cm³/mol. The normalized spacial score (nSPS) is 11.8. The van der Waals surface area contributed by atoms with Gasteiger partial charge in [0, 0.05) is 53.3 Å². The maximum atomic E-state index is 6.66. The fourth-order valence-electron chi connectivity index (χ4n) is 8.25. The largest absolute Gasteiger partial charge is 0.455 e. The van der Waals surface area contributed by atoms with Crippen molar-refractivity contribution < 1.29 is 4.42 Å². The van der Waals surface area contributed by atoms with E-state index in [2.05, 4.69) is 193 Å². The van der Waals surface area contributed by atoms with Crippen molar-refractivity contribution in [2.45, 2.75) is 0 Å². The van der Waals surface area contributed by atoms with Crippen molar-refractivity contribution in [1.82, 2.24) is 0 Å². The first-order valence-corrected chi connectivity index (χ1v) is 18.8. The molecule has 53 heavy (non-hydrogen) atoms. The van der Waals surface area contributed by atoms with Crippen molar-refractivity contribution in [1.29, 1.82) is 0 Å². The zero-order valence-corrected chi connectivity index (χ0v) is 29.5. The Balaban J connectivity index is 1.17. The Morgan fingerprint density at radius 3 is 1.96 bits per heavy atom. The molecule has 248 valence electrons. The van der Waals surface area contributed by atoms with Gasteiger partial charge in [0.25, 0.3) is 0 Å². The third kappa shape index (κ3) is 4.78. The third-order valence-electron chi connectivity index (χ3n) is 10.6. The minimum absolute atomic E-state index is 0.889. The molecule has 2 nitrogen and oxygen atoms in total. The maximum absolute atomic E-state index is 6.66. The van der Waals surface area contributed by atoms with Crippen LogP contribution < -0.4 is 4.90 Å². The minimum Gasteiger partial charge on any atom is -0.455 e. The van der Waals surface area contributed by atoms with Crippen LogP contribution in [-0.2, 0) is 0 Å². The lowest BCUT2D eigenvalue weighted by Gasteiger charge is -2.28. The quantitative estimate of drug-likeness (QED) is 0.178. The Bertz CT molecular complexity index is 3200. The first-order valence-electron chi connectivity index (χ1n) is 18.0. The molecule has 11 aromatic rings. The van der Waals surface area contributed by atoms with Gasteiger partial charge >= 0.3 is 0 Å². The van der Waals surface area contributed by atoms with Gasteiger partial charge < -0.3 is 9.32 Å². The van der Waals surface area contributed by atoms with Gasteiger partial charge in [-0.15, -0.1) is 11.3 Å². The van der Waals surface area contributed by atoms with Crippen LogP contribution in [0.2, 0.25) is 0 Å². The summed E-state index contributed by atoms with van der Waals surface area (Å²) in [5, 5.41) is 9.63. The van der Waals surface area contributed by atoms with E-state index in [1.807, 2.05) is 11.3 Å². The third-order valence-corrected chi connectivity index (χ3v) is 11.8. The molecule has 0 saturated heterocycles. The molecule has 0 aliphatic heterocycles. The summed E-state index contributed by atoms with van der Waals surface area (Å²) < 4.78 is 9.23. The fraction of sp³-hybridized carbons (Fsp3) is 0. The Hall–Kier alpha value is -6.68. The highest BCUT2D eigenvalue weighted by molar-refractivity contribution is 7.25. The molecular formula is C50H31NOS. The van der Waals surface area contributed by atoms with Crippen molar-refractivity contribution in [3.63, 3.8) is 0 Å². The smallest absolute Gasteiger partial charge is 0.143 e. The Morgan fingerprint density at radius 2 is 1.04 bits per heavy atom. The van der Waals surface area contributed by atoms with Crippen LogP contribution in [0.5, 0.6) is 0 Å². The Kier molecular flexibility index (Phi) is 6.76. The molecular weight excluding hydrogens is 663 g/mol. The van der Waals surface area contributed by atoms with Gasteiger partial charge in [0.2, 0.25) is 0 Å². The van der Waals surface area contributed by atoms with E-state index < -0.39 is 0 Å². The van der Waals surface area contributed by atoms with Crippen molar-refractivity contribution in [2.75, 3.05) is 4.90 Å². The average Bonchev–Trinajstić information content (AvgIpc) is 3.80. The number of nitrogens with zero attached hydrogens (tertiary/aromatic N) is 1. The van der Waals surface area contributed by atoms with E-state index in [4.69, 9.17) is 4.42 Å². The second-order valence-electron chi connectivity index (χ2n) is 13.7. The van der Waals surface area contributed by atoms with Gasteiger partial charge in [-0.25, -0.2) is 0 Å². The van der Waals surface area contributed by atoms with Crippen LogP contribution in [0.4, 0.5) is 17.1 Å². The van der Waals surface area contributed by atoms with Gasteiger partial charge in [0.1, 0.15) is 11.2 Å². The van der Waals surface area contributed by atoms with Crippen LogP contribution in [0.3, 0.4) is 0 Å². The number of rotatable bonds is 5. The van der Waals surface area contributed by atoms with E-state index in [9.17, 15) is 0 Å². The number of fused-ring (bicyclic) bond motifs is 9. The van der Waals surface area contributed by atoms with Crippen molar-refractivity contribution in [3.05, 3.63) is 188 Å². The van der Waals surface area contributed by atoms with Crippen molar-refractivity contribution in [3.8, 4) is 22.3 Å². The number of hydrogen-bond acceptors (Lipinski definition) is 3. The number of furan rings is 1. The molecule has 0 N–H and O–H groups in total. The molecule has 11 rings (SSSR count). The van der Waals surface area contributed by atoms with Gasteiger partial charge in [-0.05, 0) is 81.4 Å². The average molecular weight is 694 g/mol. The molecule has 0 bridgehead atoms. The monoisotopic (exact) mass is 693 g/mol. The van der Waals surface area contributed by atoms with Crippen LogP contribution in [0.1, 0.15) is 0 Å². The highest BCUT2D eigenvalue weighted by atomic mass is 32.1. The molecule has 2 heterocycles. The maximum Gasteiger partial charge on any atom is 0.143 e. The zero-order valence-electron chi connectivity index (χ0n) is 28.7. The van der Waals surface area contributed by atoms with E-state index in [0.29, 0.717) is 0 Å². The second-order valence-corrected chi connectivity index (χ2v) is 14.7. The molecule has 0 radical (unpaired) electrons. The fourth-order valence-corrected chi connectivity index (χ4v) is 9.38. The summed E-state index contributed by atoms with van der Waals surface area (Å²) in [5.74, 6) is 0. The van der Waals surface area contributed by atoms with E-state index in [1.165, 1.54) is 47.5 Å². The first kappa shape index (κ1) is 30.0. The van der Waals surface area contributed by atoms with Gasteiger partial charge in [-0.1, -0.05) is 140 Å². The van der Waals surface area contributed by atoms with E-state index in [1.54, 1.807) is 0 Å². The number of benzene rings is 9. The molecule has 0 saturated carbocycles. The lowest BCUT2D eigenvalue weighted by molar-refractivity contribution is 0.673. The molecule has 2 aromatic heterocycles. The molecule has 0 aliphatic carbocycles. The summed E-state index contributed by atoms with van der Waals surface area (Å²) in [4.78, 5) is 2.43. The summed E-state index contributed by atoms with van der Waals surface area (Å²) in [6, 6.07) is 68.0. The van der Waals surface area contributed by atoms with Crippen LogP contribution >= 0.6 is 11.3 Å². The molecule has 0 atom stereocenters. The molecule has 3 heteroatoms. The highest BCUT2D eigenvalue weighted by Gasteiger charge is 2.22. The van der Waals surface area contributed by atoms with E-state index in [0.717, 1.165) is 55.5 Å². The van der Waals surface area contributed by atoms with Gasteiger partial charge in [0.05, 0.1) is 5.69 Å². The first-order chi connectivity index (χ1) is 26.3. The summed E-state index contributed by atoms with van der Waals surface area (Å²) in [6.07, 6.45) is 0. The van der Waals surface area contributed by atoms with E-state index in [-0.39, 0.29) is 0 Å². The number of hydrogen-bond donors (Lipinski definition) is 0. The van der Waals surface area contributed by atoms with Gasteiger partial charge in [0.15, 0.2) is 0 Å². The molecule has 0 amide bonds. The highest BCUT2D eigenvalue weighted by Crippen LogP contribution is 2.47. The standard InChI is InChI=1S/C50H31NOS/c1-3-17-37-32(12-1)14-10-21-38(37)34-15-9-16-35(30-34)51(36-27-29-42-41-20-6-8-25-47(41)53-48(42)31-36)45-23-7-5-19-40(45)43-22-11-24-46-49(43)44-28-26-33-13-2-4-18-39(33)50(44)52-46/h1-31H. The summed E-state index contributed by atoms with van der Waals surface area (Å²) >= 11 is 1.85. The molecule has 0 fully saturated rings. The molecule has 0 unspecified atom stereocenters. The SMILES string of the molecule is c1cc(-c2cccc3ccccc23)cc(N(c2ccc3c(c2)sc2ccccc23)c2ccccc2-c2cccc3oc4c5ccccc5ccc4c23)c1. The van der Waals surface area contributed by atoms with Gasteiger partial charge in [-0.2, -0.15) is 0 Å². The number of anilines is 3. The number of para-hydroxylation sites is 1. The molecule has 0 spiro atoms. The van der Waals surface area contributed by atoms with E-state index >= 15 is 0 Å². The molecule has 9 aromatic carbocycles. The van der Waals surface area contributed by atoms with Crippen LogP contribution in [0.15, 0.2) is 192 Å². The van der Waals surface area contributed by atoms with Crippen molar-refractivity contribution >= 4 is 92.1 Å². The number of thiophene rings is 1. The topological polar surface area (TPSA) is 16.4 Å². The summed E-state index contributed by atoms with van der Waals surface area (Å²) in [7, 11) is 0. The van der Waals surface area contributed by atoms with Crippen LogP contribution in [-0.4, -0.2) is 0 Å². The molecule has 0 aliphatic rings. The summed E-state index contributed by atoms with van der Waals surface area (Å²) in [6.45, 7) is 0. The Labute approximate surface area is 310 Å². The lowest BCUT2D eigenvalue weighted by Crippen LogP contribution is -2.11. The van der Waals surface area contributed by atoms with Crippen LogP contribution in [0.25, 0.3) is 85.9 Å². The van der Waals surface area contributed by atoms with Crippen molar-refractivity contribution in [2.24, 2.45) is 0 Å². The Morgan fingerprint density at radius 1 is 0.396 bits per heavy atom. The van der Waals surface area contributed by atoms with Gasteiger partial charge in [-0.3, -0.25) is 0 Å². The summed E-state index contributed by atoms with van der Waals surface area (Å²) in [5.41, 5.74) is 9.81. The lowest BCUT2D eigenvalue weighted by atomic mass is 9.95.